The summed E-state index contributed by atoms with van der Waals surface area (Å²) in [5, 5.41) is 7.02. The number of amides is 1. The lowest BCUT2D eigenvalue weighted by Gasteiger charge is -2.14. The topological polar surface area (TPSA) is 85.0 Å². The van der Waals surface area contributed by atoms with Gasteiger partial charge in [-0.05, 0) is 38.8 Å². The van der Waals surface area contributed by atoms with E-state index in [0.29, 0.717) is 34.9 Å². The first-order chi connectivity index (χ1) is 12.0. The second kappa shape index (κ2) is 5.61. The van der Waals surface area contributed by atoms with Crippen molar-refractivity contribution in [3.8, 4) is 0 Å². The molecule has 0 spiro atoms. The zero-order valence-corrected chi connectivity index (χ0v) is 14.6. The highest BCUT2D eigenvalue weighted by Crippen LogP contribution is 2.39. The summed E-state index contributed by atoms with van der Waals surface area (Å²) in [6, 6.07) is 3.92. The van der Waals surface area contributed by atoms with Crippen molar-refractivity contribution in [3.63, 3.8) is 0 Å². The molecule has 25 heavy (non-hydrogen) atoms. The molecule has 1 aliphatic rings. The third kappa shape index (κ3) is 2.97. The maximum atomic E-state index is 12.7. The minimum absolute atomic E-state index is 0.0434. The van der Waals surface area contributed by atoms with Crippen LogP contribution in [-0.2, 0) is 13.6 Å². The molecule has 7 heteroatoms. The summed E-state index contributed by atoms with van der Waals surface area (Å²) >= 11 is 0. The molecule has 0 unspecified atom stereocenters. The molecule has 130 valence electrons. The predicted molar refractivity (Wildman–Crippen MR) is 94.4 cm³/mol. The van der Waals surface area contributed by atoms with Crippen LogP contribution in [0.3, 0.4) is 0 Å². The monoisotopic (exact) mass is 339 g/mol. The Bertz CT molecular complexity index is 952. The Morgan fingerprint density at radius 2 is 2.20 bits per heavy atom. The molecule has 3 aromatic heterocycles. The molecule has 0 radical (unpaired) electrons. The van der Waals surface area contributed by atoms with Gasteiger partial charge < -0.3 is 19.6 Å². The van der Waals surface area contributed by atoms with Crippen molar-refractivity contribution >= 4 is 22.8 Å². The van der Waals surface area contributed by atoms with Gasteiger partial charge in [-0.25, -0.2) is 4.98 Å². The van der Waals surface area contributed by atoms with E-state index < -0.39 is 0 Å². The van der Waals surface area contributed by atoms with Crippen molar-refractivity contribution in [3.05, 3.63) is 41.7 Å². The van der Waals surface area contributed by atoms with E-state index >= 15 is 0 Å². The number of rotatable bonds is 5. The van der Waals surface area contributed by atoms with Crippen molar-refractivity contribution in [2.75, 3.05) is 5.32 Å². The zero-order valence-electron chi connectivity index (χ0n) is 14.6. The summed E-state index contributed by atoms with van der Waals surface area (Å²) in [5.74, 6) is 1.08. The molecule has 1 saturated carbocycles. The number of anilines is 1. The van der Waals surface area contributed by atoms with Gasteiger partial charge in [0.25, 0.3) is 5.91 Å². The van der Waals surface area contributed by atoms with Crippen LogP contribution in [-0.4, -0.2) is 26.0 Å². The number of furan rings is 1. The first kappa shape index (κ1) is 15.7. The maximum absolute atomic E-state index is 12.7. The standard InChI is InChI=1S/C18H21N5O2/c1-11-20-15(22-18(2)6-7-18)14-13(10-25-17(14)21-11)16(24)19-9-12-5-4-8-23(12)3/h4-5,8,10H,6-7,9H2,1-3H3,(H,19,24)(H,20,21,22). The van der Waals surface area contributed by atoms with Gasteiger partial charge in [0.05, 0.1) is 17.5 Å². The molecule has 0 aromatic carbocycles. The fraction of sp³-hybridized carbons (Fsp3) is 0.389. The second-order valence-corrected chi connectivity index (χ2v) is 6.93. The van der Waals surface area contributed by atoms with E-state index in [0.717, 1.165) is 18.5 Å². The average Bonchev–Trinajstić information content (AvgIpc) is 2.96. The average molecular weight is 339 g/mol. The molecule has 1 fully saturated rings. The normalized spacial score (nSPS) is 15.3. The zero-order chi connectivity index (χ0) is 17.6. The van der Waals surface area contributed by atoms with Crippen LogP contribution in [0.2, 0.25) is 0 Å². The van der Waals surface area contributed by atoms with Crippen molar-refractivity contribution < 1.29 is 9.21 Å². The molecular weight excluding hydrogens is 318 g/mol. The van der Waals surface area contributed by atoms with Crippen molar-refractivity contribution in [2.45, 2.75) is 38.8 Å². The minimum atomic E-state index is -0.198. The molecule has 0 bridgehead atoms. The molecule has 0 aliphatic heterocycles. The van der Waals surface area contributed by atoms with Gasteiger partial charge in [0.2, 0.25) is 5.71 Å². The Kier molecular flexibility index (Phi) is 3.52. The van der Waals surface area contributed by atoms with E-state index in [1.807, 2.05) is 36.9 Å². The Morgan fingerprint density at radius 3 is 2.88 bits per heavy atom. The van der Waals surface area contributed by atoms with Gasteiger partial charge in [0.1, 0.15) is 17.9 Å². The molecule has 2 N–H and O–H groups in total. The summed E-state index contributed by atoms with van der Waals surface area (Å²) < 4.78 is 7.50. The molecule has 1 aliphatic carbocycles. The van der Waals surface area contributed by atoms with Crippen LogP contribution in [0.5, 0.6) is 0 Å². The van der Waals surface area contributed by atoms with E-state index in [9.17, 15) is 4.79 Å². The largest absolute Gasteiger partial charge is 0.445 e. The molecule has 1 amide bonds. The lowest BCUT2D eigenvalue weighted by molar-refractivity contribution is 0.0951. The summed E-state index contributed by atoms with van der Waals surface area (Å²) in [6.07, 6.45) is 5.58. The van der Waals surface area contributed by atoms with Crippen LogP contribution in [0.15, 0.2) is 29.0 Å². The van der Waals surface area contributed by atoms with Crippen LogP contribution in [0, 0.1) is 6.92 Å². The van der Waals surface area contributed by atoms with Gasteiger partial charge in [-0.3, -0.25) is 4.79 Å². The van der Waals surface area contributed by atoms with E-state index in [2.05, 4.69) is 27.5 Å². The summed E-state index contributed by atoms with van der Waals surface area (Å²) in [4.78, 5) is 21.5. The number of nitrogens with zero attached hydrogens (tertiary/aromatic N) is 3. The molecule has 0 saturated heterocycles. The van der Waals surface area contributed by atoms with Crippen LogP contribution < -0.4 is 10.6 Å². The molecule has 3 aromatic rings. The number of nitrogens with one attached hydrogen (secondary N) is 2. The quantitative estimate of drug-likeness (QED) is 0.746. The number of fused-ring (bicyclic) bond motifs is 1. The highest BCUT2D eigenvalue weighted by Gasteiger charge is 2.38. The van der Waals surface area contributed by atoms with E-state index in [4.69, 9.17) is 4.42 Å². The summed E-state index contributed by atoms with van der Waals surface area (Å²) in [6.45, 7) is 4.41. The van der Waals surface area contributed by atoms with Crippen molar-refractivity contribution in [1.29, 1.82) is 0 Å². The minimum Gasteiger partial charge on any atom is -0.445 e. The first-order valence-corrected chi connectivity index (χ1v) is 8.38. The number of aryl methyl sites for hydroxylation is 2. The Hall–Kier alpha value is -2.83. The third-order valence-corrected chi connectivity index (χ3v) is 4.69. The second-order valence-electron chi connectivity index (χ2n) is 6.93. The lowest BCUT2D eigenvalue weighted by Crippen LogP contribution is -2.24. The van der Waals surface area contributed by atoms with Crippen LogP contribution >= 0.6 is 0 Å². The smallest absolute Gasteiger partial charge is 0.255 e. The maximum Gasteiger partial charge on any atom is 0.255 e. The van der Waals surface area contributed by atoms with Crippen LogP contribution in [0.1, 0.15) is 41.6 Å². The number of hydrogen-bond acceptors (Lipinski definition) is 5. The fourth-order valence-corrected chi connectivity index (χ4v) is 2.85. The highest BCUT2D eigenvalue weighted by molar-refractivity contribution is 6.08. The summed E-state index contributed by atoms with van der Waals surface area (Å²) in [5.41, 5.74) is 1.96. The van der Waals surface area contributed by atoms with Gasteiger partial charge in [-0.2, -0.15) is 4.98 Å². The van der Waals surface area contributed by atoms with Gasteiger partial charge in [0.15, 0.2) is 0 Å². The number of aromatic nitrogens is 3. The fourth-order valence-electron chi connectivity index (χ4n) is 2.85. The van der Waals surface area contributed by atoms with Gasteiger partial charge in [0, 0.05) is 24.5 Å². The Labute approximate surface area is 145 Å². The molecule has 3 heterocycles. The number of carbonyl (C=O) groups excluding carboxylic acids is 1. The summed E-state index contributed by atoms with van der Waals surface area (Å²) in [7, 11) is 1.95. The van der Waals surface area contributed by atoms with Gasteiger partial charge >= 0.3 is 0 Å². The lowest BCUT2D eigenvalue weighted by atomic mass is 10.2. The van der Waals surface area contributed by atoms with E-state index in [1.54, 1.807) is 0 Å². The Balaban J connectivity index is 1.64. The van der Waals surface area contributed by atoms with Gasteiger partial charge in [-0.1, -0.05) is 0 Å². The molecule has 0 atom stereocenters. The van der Waals surface area contributed by atoms with Crippen LogP contribution in [0.4, 0.5) is 5.82 Å². The first-order valence-electron chi connectivity index (χ1n) is 8.38. The number of carbonyl (C=O) groups is 1. The molecular formula is C18H21N5O2. The predicted octanol–water partition coefficient (Wildman–Crippen LogP) is 2.76. The molecule has 4 rings (SSSR count). The highest BCUT2D eigenvalue weighted by atomic mass is 16.3. The SMILES string of the molecule is Cc1nc(NC2(C)CC2)c2c(C(=O)NCc3cccn3C)coc2n1. The molecule has 7 nitrogen and oxygen atoms in total. The van der Waals surface area contributed by atoms with E-state index in [1.165, 1.54) is 6.26 Å². The Morgan fingerprint density at radius 1 is 1.40 bits per heavy atom. The van der Waals surface area contributed by atoms with Crippen molar-refractivity contribution in [2.24, 2.45) is 7.05 Å². The number of hydrogen-bond donors (Lipinski definition) is 2. The van der Waals surface area contributed by atoms with Gasteiger partial charge in [-0.15, -0.1) is 0 Å². The third-order valence-electron chi connectivity index (χ3n) is 4.69. The van der Waals surface area contributed by atoms with Crippen molar-refractivity contribution in [1.82, 2.24) is 19.9 Å². The van der Waals surface area contributed by atoms with E-state index in [-0.39, 0.29) is 11.4 Å². The van der Waals surface area contributed by atoms with Crippen LogP contribution in [0.25, 0.3) is 11.1 Å².